The number of fused-ring (bicyclic) bond motifs is 1. The maximum Gasteiger partial charge on any atom is 0.416 e. The molecular weight excluding hydrogens is 403 g/mol. The van der Waals surface area contributed by atoms with Crippen molar-refractivity contribution in [3.63, 3.8) is 0 Å². The fourth-order valence-electron chi connectivity index (χ4n) is 3.63. The van der Waals surface area contributed by atoms with Crippen molar-refractivity contribution in [3.8, 4) is 22.8 Å². The van der Waals surface area contributed by atoms with Gasteiger partial charge in [0, 0.05) is 11.5 Å². The van der Waals surface area contributed by atoms with Gasteiger partial charge in [0.05, 0.1) is 17.1 Å². The molecule has 154 valence electrons. The second-order valence-corrected chi connectivity index (χ2v) is 7.82. The van der Waals surface area contributed by atoms with Gasteiger partial charge in [-0.3, -0.25) is 0 Å². The molecule has 29 heavy (non-hydrogen) atoms. The van der Waals surface area contributed by atoms with Gasteiger partial charge in [-0.15, -0.1) is 5.10 Å². The van der Waals surface area contributed by atoms with E-state index in [4.69, 9.17) is 16.6 Å². The summed E-state index contributed by atoms with van der Waals surface area (Å²) in [5.41, 5.74) is 0.471. The molecule has 1 fully saturated rings. The smallest absolute Gasteiger partial charge is 0.227 e. The summed E-state index contributed by atoms with van der Waals surface area (Å²) in [5, 5.41) is 8.85. The second-order valence-electron chi connectivity index (χ2n) is 7.42. The average Bonchev–Trinajstić information content (AvgIpc) is 3.42. The third-order valence-corrected chi connectivity index (χ3v) is 5.58. The molecule has 1 atom stereocenters. The molecule has 3 aliphatic rings. The molecule has 0 aromatic heterocycles. The first-order valence-corrected chi connectivity index (χ1v) is 10.2. The molecule has 1 unspecified atom stereocenters. The first-order chi connectivity index (χ1) is 13.8. The third kappa shape index (κ3) is 3.95. The van der Waals surface area contributed by atoms with Gasteiger partial charge in [-0.25, -0.2) is 9.97 Å². The maximum absolute atomic E-state index is 13.0. The summed E-state index contributed by atoms with van der Waals surface area (Å²) in [6.45, 7) is 4.51. The molecule has 1 aromatic rings. The summed E-state index contributed by atoms with van der Waals surface area (Å²) in [7, 11) is 0. The summed E-state index contributed by atoms with van der Waals surface area (Å²) in [5.74, 6) is 2.07. The van der Waals surface area contributed by atoms with Crippen LogP contribution in [0.15, 0.2) is 18.2 Å². The number of benzene rings is 1. The third-order valence-electron chi connectivity index (χ3n) is 5.27. The van der Waals surface area contributed by atoms with Gasteiger partial charge in [0.25, 0.3) is 0 Å². The number of rotatable bonds is 6. The Kier molecular flexibility index (Phi) is 5.23. The van der Waals surface area contributed by atoms with Crippen molar-refractivity contribution in [3.05, 3.63) is 34.6 Å². The second kappa shape index (κ2) is 7.55. The number of hydrogen-bond acceptors (Lipinski definition) is 4. The number of aromatic nitrogens is 5. The summed E-state index contributed by atoms with van der Waals surface area (Å²) < 4.78 is 39.0. The lowest BCUT2D eigenvalue weighted by Gasteiger charge is -2.12. The van der Waals surface area contributed by atoms with Gasteiger partial charge in [0.1, 0.15) is 17.2 Å². The highest BCUT2D eigenvalue weighted by Crippen LogP contribution is 2.45. The molecule has 4 rings (SSSR count). The maximum atomic E-state index is 13.0. The quantitative estimate of drug-likeness (QED) is 0.500. The Balaban J connectivity index is 1.84. The summed E-state index contributed by atoms with van der Waals surface area (Å²) in [4.78, 5) is 10.9. The van der Waals surface area contributed by atoms with Gasteiger partial charge in [0.15, 0.2) is 0 Å². The molecule has 9 heteroatoms. The Bertz CT molecular complexity index is 996. The van der Waals surface area contributed by atoms with Crippen LogP contribution in [0.1, 0.15) is 56.8 Å². The molecule has 5 nitrogen and oxygen atoms in total. The van der Waals surface area contributed by atoms with Gasteiger partial charge < -0.3 is 0 Å². The summed E-state index contributed by atoms with van der Waals surface area (Å²) in [6, 6.07) is 3.26. The lowest BCUT2D eigenvalue weighted by atomic mass is 9.97. The standard InChI is InChI=1S/C20H21ClF3N5/c1-3-5-13(11-6-7-11)18-25-17-16(27-29(4-2)28-19(17)26-18)14-9-8-12(10-15(14)21)20(22,23)24/h8-11,13H,3-7H2,1-2H3. The van der Waals surface area contributed by atoms with Crippen molar-refractivity contribution < 1.29 is 13.2 Å². The summed E-state index contributed by atoms with van der Waals surface area (Å²) >= 11 is 6.23. The Morgan fingerprint density at radius 2 is 1.90 bits per heavy atom. The van der Waals surface area contributed by atoms with Crippen LogP contribution in [0.4, 0.5) is 13.2 Å². The number of aryl methyl sites for hydroxylation is 1. The van der Waals surface area contributed by atoms with Gasteiger partial charge in [-0.1, -0.05) is 31.0 Å². The van der Waals surface area contributed by atoms with Crippen LogP contribution in [0.25, 0.3) is 22.8 Å². The molecule has 1 aliphatic carbocycles. The van der Waals surface area contributed by atoms with Crippen molar-refractivity contribution in [1.82, 2.24) is 25.0 Å². The predicted octanol–water partition coefficient (Wildman–Crippen LogP) is 5.83. The molecule has 1 aromatic carbocycles. The van der Waals surface area contributed by atoms with E-state index in [1.165, 1.54) is 23.7 Å². The van der Waals surface area contributed by atoms with Crippen LogP contribution in [-0.2, 0) is 12.7 Å². The molecule has 0 saturated heterocycles. The molecule has 0 bridgehead atoms. The molecule has 0 amide bonds. The first kappa shape index (κ1) is 20.1. The van der Waals surface area contributed by atoms with Crippen LogP contribution in [0.3, 0.4) is 0 Å². The molecule has 0 N–H and O–H groups in total. The molecule has 0 spiro atoms. The first-order valence-electron chi connectivity index (χ1n) is 9.81. The molecule has 2 heterocycles. The number of halogens is 4. The van der Waals surface area contributed by atoms with E-state index in [1.807, 2.05) is 6.92 Å². The van der Waals surface area contributed by atoms with E-state index >= 15 is 0 Å². The fourth-order valence-corrected chi connectivity index (χ4v) is 3.90. The largest absolute Gasteiger partial charge is 0.416 e. The number of alkyl halides is 3. The van der Waals surface area contributed by atoms with Crippen LogP contribution in [0.5, 0.6) is 0 Å². The Morgan fingerprint density at radius 3 is 2.48 bits per heavy atom. The van der Waals surface area contributed by atoms with Crippen molar-refractivity contribution in [2.45, 2.75) is 58.2 Å². The minimum atomic E-state index is -4.46. The van der Waals surface area contributed by atoms with E-state index in [1.54, 1.807) is 0 Å². The SMILES string of the molecule is CCCC(c1nc2nn(CC)nc(-c3ccc(C(F)(F)F)cc3Cl)c-2n1)C1CC1. The minimum Gasteiger partial charge on any atom is -0.227 e. The van der Waals surface area contributed by atoms with Gasteiger partial charge in [-0.2, -0.15) is 23.1 Å². The normalized spacial score (nSPS) is 15.8. The highest BCUT2D eigenvalue weighted by molar-refractivity contribution is 6.33. The van der Waals surface area contributed by atoms with Crippen LogP contribution >= 0.6 is 11.6 Å². The summed E-state index contributed by atoms with van der Waals surface area (Å²) in [6.07, 6.45) is -0.0815. The lowest BCUT2D eigenvalue weighted by Crippen LogP contribution is -2.11. The fraction of sp³-hybridized carbons (Fsp3) is 0.500. The molecule has 0 radical (unpaired) electrons. The highest BCUT2D eigenvalue weighted by Gasteiger charge is 2.36. The van der Waals surface area contributed by atoms with E-state index in [-0.39, 0.29) is 10.9 Å². The van der Waals surface area contributed by atoms with E-state index in [2.05, 4.69) is 22.1 Å². The van der Waals surface area contributed by atoms with Crippen LogP contribution in [0, 0.1) is 5.92 Å². The van der Waals surface area contributed by atoms with Crippen molar-refractivity contribution in [2.24, 2.45) is 5.92 Å². The Morgan fingerprint density at radius 1 is 1.14 bits per heavy atom. The average molecular weight is 424 g/mol. The molecule has 2 aliphatic heterocycles. The van der Waals surface area contributed by atoms with Crippen LogP contribution in [0.2, 0.25) is 5.02 Å². The van der Waals surface area contributed by atoms with E-state index in [0.717, 1.165) is 30.8 Å². The topological polar surface area (TPSA) is 56.5 Å². The van der Waals surface area contributed by atoms with Crippen LogP contribution < -0.4 is 0 Å². The zero-order valence-corrected chi connectivity index (χ0v) is 16.9. The monoisotopic (exact) mass is 423 g/mol. The lowest BCUT2D eigenvalue weighted by molar-refractivity contribution is -0.137. The van der Waals surface area contributed by atoms with Crippen molar-refractivity contribution in [2.75, 3.05) is 0 Å². The van der Waals surface area contributed by atoms with Gasteiger partial charge >= 0.3 is 6.18 Å². The van der Waals surface area contributed by atoms with E-state index in [9.17, 15) is 13.2 Å². The molecule has 1 saturated carbocycles. The van der Waals surface area contributed by atoms with Crippen LogP contribution in [-0.4, -0.2) is 25.0 Å². The zero-order chi connectivity index (χ0) is 20.8. The van der Waals surface area contributed by atoms with Gasteiger partial charge in [0.2, 0.25) is 5.82 Å². The zero-order valence-electron chi connectivity index (χ0n) is 16.2. The van der Waals surface area contributed by atoms with Gasteiger partial charge in [-0.05, 0) is 44.2 Å². The minimum absolute atomic E-state index is 0.0284. The number of nitrogens with zero attached hydrogens (tertiary/aromatic N) is 5. The Labute approximate surface area is 171 Å². The predicted molar refractivity (Wildman–Crippen MR) is 104 cm³/mol. The van der Waals surface area contributed by atoms with Crippen molar-refractivity contribution in [1.29, 1.82) is 0 Å². The molecular formula is C20H21ClF3N5. The van der Waals surface area contributed by atoms with Crippen molar-refractivity contribution >= 4 is 11.6 Å². The Hall–Kier alpha value is -2.22. The number of imidazole rings is 1. The van der Waals surface area contributed by atoms with E-state index < -0.39 is 11.7 Å². The highest BCUT2D eigenvalue weighted by atomic mass is 35.5. The number of hydrogen-bond donors (Lipinski definition) is 0. The van der Waals surface area contributed by atoms with E-state index in [0.29, 0.717) is 35.2 Å².